The molecule has 19 heavy (non-hydrogen) atoms. The molecule has 2 rings (SSSR count). The van der Waals surface area contributed by atoms with Gasteiger partial charge in [0.2, 0.25) is 0 Å². The third-order valence-corrected chi connectivity index (χ3v) is 2.85. The average molecular weight is 277 g/mol. The minimum atomic E-state index is -0.472. The van der Waals surface area contributed by atoms with Crippen molar-refractivity contribution in [3.63, 3.8) is 0 Å². The fraction of sp³-hybridized carbons (Fsp3) is 0.143. The number of halogens is 2. The van der Waals surface area contributed by atoms with Crippen LogP contribution in [0.1, 0.15) is 16.8 Å². The van der Waals surface area contributed by atoms with Gasteiger partial charge in [0.1, 0.15) is 18.4 Å². The van der Waals surface area contributed by atoms with E-state index in [1.54, 1.807) is 24.3 Å². The monoisotopic (exact) mass is 276 g/mol. The standard InChI is InChI=1S/C14H10ClFN2O/c15-7-10-3-1-5-12(16)14(10)19-9-11-4-2-6-18-13(11)8-17/h1-6H,7,9H2. The van der Waals surface area contributed by atoms with Crippen molar-refractivity contribution in [1.82, 2.24) is 4.98 Å². The van der Waals surface area contributed by atoms with E-state index in [0.29, 0.717) is 11.1 Å². The van der Waals surface area contributed by atoms with Crippen LogP contribution in [0.5, 0.6) is 5.75 Å². The second-order valence-corrected chi connectivity index (χ2v) is 4.04. The number of hydrogen-bond donors (Lipinski definition) is 0. The molecule has 0 amide bonds. The van der Waals surface area contributed by atoms with Gasteiger partial charge < -0.3 is 4.74 Å². The van der Waals surface area contributed by atoms with Gasteiger partial charge in [-0.25, -0.2) is 9.37 Å². The van der Waals surface area contributed by atoms with E-state index in [1.807, 2.05) is 6.07 Å². The molecule has 96 valence electrons. The molecule has 3 nitrogen and oxygen atoms in total. The molecule has 0 fully saturated rings. The zero-order chi connectivity index (χ0) is 13.7. The van der Waals surface area contributed by atoms with E-state index in [-0.39, 0.29) is 23.9 Å². The Bertz CT molecular complexity index is 625. The van der Waals surface area contributed by atoms with Gasteiger partial charge in [-0.1, -0.05) is 18.2 Å². The van der Waals surface area contributed by atoms with E-state index >= 15 is 0 Å². The number of nitrogens with zero attached hydrogens (tertiary/aromatic N) is 2. The van der Waals surface area contributed by atoms with Gasteiger partial charge in [-0.3, -0.25) is 0 Å². The number of nitriles is 1. The molecule has 2 aromatic rings. The molecule has 0 aliphatic carbocycles. The third kappa shape index (κ3) is 3.01. The van der Waals surface area contributed by atoms with Crippen LogP contribution in [0.25, 0.3) is 0 Å². The molecule has 0 saturated carbocycles. The maximum absolute atomic E-state index is 13.7. The van der Waals surface area contributed by atoms with Gasteiger partial charge in [0, 0.05) is 17.3 Å². The molecular formula is C14H10ClFN2O. The fourth-order valence-corrected chi connectivity index (χ4v) is 1.84. The van der Waals surface area contributed by atoms with E-state index < -0.39 is 5.82 Å². The van der Waals surface area contributed by atoms with Gasteiger partial charge in [0.25, 0.3) is 0 Å². The average Bonchev–Trinajstić information content (AvgIpc) is 2.46. The second kappa shape index (κ2) is 6.17. The molecule has 0 spiro atoms. The van der Waals surface area contributed by atoms with Crippen molar-refractivity contribution in [2.75, 3.05) is 0 Å². The maximum Gasteiger partial charge on any atom is 0.165 e. The van der Waals surface area contributed by atoms with Crippen molar-refractivity contribution >= 4 is 11.6 Å². The van der Waals surface area contributed by atoms with Gasteiger partial charge in [-0.05, 0) is 12.1 Å². The predicted octanol–water partition coefficient (Wildman–Crippen LogP) is 3.41. The van der Waals surface area contributed by atoms with Crippen molar-refractivity contribution in [2.24, 2.45) is 0 Å². The lowest BCUT2D eigenvalue weighted by atomic mass is 10.2. The Labute approximate surface area is 115 Å². The molecule has 1 aromatic heterocycles. The first-order chi connectivity index (χ1) is 9.26. The smallest absolute Gasteiger partial charge is 0.165 e. The lowest BCUT2D eigenvalue weighted by Gasteiger charge is -2.11. The van der Waals surface area contributed by atoms with Gasteiger partial charge in [-0.15, -0.1) is 11.6 Å². The lowest BCUT2D eigenvalue weighted by Crippen LogP contribution is -2.03. The molecule has 0 bridgehead atoms. The van der Waals surface area contributed by atoms with Crippen LogP contribution in [-0.4, -0.2) is 4.98 Å². The van der Waals surface area contributed by atoms with E-state index in [1.165, 1.54) is 12.3 Å². The Kier molecular flexibility index (Phi) is 4.32. The molecule has 5 heteroatoms. The first-order valence-corrected chi connectivity index (χ1v) is 6.10. The molecular weight excluding hydrogens is 267 g/mol. The number of benzene rings is 1. The molecule has 1 aromatic carbocycles. The molecule has 0 saturated heterocycles. The molecule has 0 unspecified atom stereocenters. The molecule has 0 aliphatic rings. The number of hydrogen-bond acceptors (Lipinski definition) is 3. The van der Waals surface area contributed by atoms with Crippen molar-refractivity contribution in [1.29, 1.82) is 5.26 Å². The Balaban J connectivity index is 2.22. The summed E-state index contributed by atoms with van der Waals surface area (Å²) in [5.74, 6) is -0.198. The molecule has 0 N–H and O–H groups in total. The summed E-state index contributed by atoms with van der Waals surface area (Å²) in [5.41, 5.74) is 1.45. The highest BCUT2D eigenvalue weighted by atomic mass is 35.5. The van der Waals surface area contributed by atoms with E-state index in [2.05, 4.69) is 4.98 Å². The quantitative estimate of drug-likeness (QED) is 0.804. The van der Waals surface area contributed by atoms with Crippen LogP contribution in [0.4, 0.5) is 4.39 Å². The number of ether oxygens (including phenoxy) is 1. The Morgan fingerprint density at radius 3 is 2.79 bits per heavy atom. The van der Waals surface area contributed by atoms with Crippen LogP contribution in [-0.2, 0) is 12.5 Å². The van der Waals surface area contributed by atoms with Crippen LogP contribution in [0.15, 0.2) is 36.5 Å². The molecule has 1 heterocycles. The minimum absolute atomic E-state index is 0.0710. The minimum Gasteiger partial charge on any atom is -0.485 e. The summed E-state index contributed by atoms with van der Waals surface area (Å²) in [4.78, 5) is 3.91. The summed E-state index contributed by atoms with van der Waals surface area (Å²) in [5, 5.41) is 8.91. The highest BCUT2D eigenvalue weighted by Crippen LogP contribution is 2.25. The Morgan fingerprint density at radius 1 is 1.26 bits per heavy atom. The van der Waals surface area contributed by atoms with E-state index in [4.69, 9.17) is 21.6 Å². The van der Waals surface area contributed by atoms with Crippen LogP contribution < -0.4 is 4.74 Å². The van der Waals surface area contributed by atoms with Crippen molar-refractivity contribution in [3.05, 3.63) is 59.2 Å². The third-order valence-electron chi connectivity index (χ3n) is 2.56. The van der Waals surface area contributed by atoms with Crippen LogP contribution >= 0.6 is 11.6 Å². The number of rotatable bonds is 4. The topological polar surface area (TPSA) is 45.9 Å². The number of aromatic nitrogens is 1. The SMILES string of the molecule is N#Cc1ncccc1COc1c(F)cccc1CCl. The Hall–Kier alpha value is -2.12. The van der Waals surface area contributed by atoms with Crippen molar-refractivity contribution in [2.45, 2.75) is 12.5 Å². The fourth-order valence-electron chi connectivity index (χ4n) is 1.63. The van der Waals surface area contributed by atoms with Gasteiger partial charge in [-0.2, -0.15) is 5.26 Å². The second-order valence-electron chi connectivity index (χ2n) is 3.77. The number of para-hydroxylation sites is 1. The molecule has 0 radical (unpaired) electrons. The van der Waals surface area contributed by atoms with Crippen LogP contribution in [0.2, 0.25) is 0 Å². The summed E-state index contributed by atoms with van der Waals surface area (Å²) in [6.45, 7) is 0.0710. The maximum atomic E-state index is 13.7. The van der Waals surface area contributed by atoms with Gasteiger partial charge in [0.05, 0.1) is 5.88 Å². The highest BCUT2D eigenvalue weighted by Gasteiger charge is 2.10. The van der Waals surface area contributed by atoms with Gasteiger partial charge >= 0.3 is 0 Å². The number of pyridine rings is 1. The summed E-state index contributed by atoms with van der Waals surface area (Å²) < 4.78 is 19.1. The summed E-state index contributed by atoms with van der Waals surface area (Å²) in [7, 11) is 0. The van der Waals surface area contributed by atoms with Crippen molar-refractivity contribution in [3.8, 4) is 11.8 Å². The van der Waals surface area contributed by atoms with E-state index in [0.717, 1.165) is 0 Å². The first-order valence-electron chi connectivity index (χ1n) is 5.56. The largest absolute Gasteiger partial charge is 0.485 e. The predicted molar refractivity (Wildman–Crippen MR) is 69.2 cm³/mol. The number of alkyl halides is 1. The highest BCUT2D eigenvalue weighted by molar-refractivity contribution is 6.17. The van der Waals surface area contributed by atoms with Gasteiger partial charge in [0.15, 0.2) is 11.6 Å². The normalized spacial score (nSPS) is 9.95. The zero-order valence-corrected chi connectivity index (χ0v) is 10.7. The summed E-state index contributed by atoms with van der Waals surface area (Å²) in [6, 6.07) is 9.95. The van der Waals surface area contributed by atoms with Crippen LogP contribution in [0, 0.1) is 17.1 Å². The molecule has 0 atom stereocenters. The zero-order valence-electron chi connectivity index (χ0n) is 9.94. The lowest BCUT2D eigenvalue weighted by molar-refractivity contribution is 0.287. The molecule has 0 aliphatic heterocycles. The van der Waals surface area contributed by atoms with Crippen LogP contribution in [0.3, 0.4) is 0 Å². The Morgan fingerprint density at radius 2 is 2.05 bits per heavy atom. The summed E-state index contributed by atoms with van der Waals surface area (Å²) >= 11 is 5.73. The van der Waals surface area contributed by atoms with Crippen molar-refractivity contribution < 1.29 is 9.13 Å². The van der Waals surface area contributed by atoms with E-state index in [9.17, 15) is 4.39 Å². The summed E-state index contributed by atoms with van der Waals surface area (Å²) in [6.07, 6.45) is 1.52. The first kappa shape index (κ1) is 13.3.